The van der Waals surface area contributed by atoms with Crippen LogP contribution in [0.1, 0.15) is 0 Å². The summed E-state index contributed by atoms with van der Waals surface area (Å²) in [6.45, 7) is -0.114. The van der Waals surface area contributed by atoms with Gasteiger partial charge in [-0.3, -0.25) is 9.59 Å². The number of nitrogens with zero attached hydrogens (tertiary/aromatic N) is 1. The van der Waals surface area contributed by atoms with Crippen LogP contribution in [0, 0.1) is 0 Å². The van der Waals surface area contributed by atoms with E-state index in [0.29, 0.717) is 27.6 Å². The Morgan fingerprint density at radius 2 is 2.00 bits per heavy atom. The van der Waals surface area contributed by atoms with Crippen LogP contribution in [0.3, 0.4) is 0 Å². The minimum atomic E-state index is -0.365. The first-order valence-electron chi connectivity index (χ1n) is 7.31. The fourth-order valence-corrected chi connectivity index (χ4v) is 3.45. The Morgan fingerprint density at radius 1 is 1.24 bits per heavy atom. The van der Waals surface area contributed by atoms with Gasteiger partial charge in [-0.25, -0.2) is 0 Å². The number of nitrogens with one attached hydrogen (secondary N) is 1. The minimum absolute atomic E-state index is 0.114. The molecule has 0 spiro atoms. The number of ether oxygens (including phenoxy) is 2. The lowest BCUT2D eigenvalue weighted by molar-refractivity contribution is -0.116. The van der Waals surface area contributed by atoms with Gasteiger partial charge >= 0.3 is 0 Å². The van der Waals surface area contributed by atoms with Crippen molar-refractivity contribution in [1.82, 2.24) is 4.57 Å². The zero-order valence-electron chi connectivity index (χ0n) is 13.5. The van der Waals surface area contributed by atoms with Gasteiger partial charge in [0.2, 0.25) is 5.91 Å². The van der Waals surface area contributed by atoms with E-state index in [9.17, 15) is 9.59 Å². The van der Waals surface area contributed by atoms with Crippen molar-refractivity contribution in [2.45, 2.75) is 6.54 Å². The van der Waals surface area contributed by atoms with Gasteiger partial charge in [0, 0.05) is 17.0 Å². The Morgan fingerprint density at radius 3 is 2.72 bits per heavy atom. The van der Waals surface area contributed by atoms with Gasteiger partial charge in [-0.05, 0) is 23.6 Å². The lowest BCUT2D eigenvalue weighted by atomic mass is 10.2. The molecule has 8 heteroatoms. The molecule has 0 saturated heterocycles. The van der Waals surface area contributed by atoms with E-state index >= 15 is 0 Å². The molecule has 1 N–H and O–H groups in total. The quantitative estimate of drug-likeness (QED) is 0.739. The maximum Gasteiger partial charge on any atom is 0.259 e. The van der Waals surface area contributed by atoms with Crippen LogP contribution in [0.5, 0.6) is 11.5 Å². The van der Waals surface area contributed by atoms with Crippen molar-refractivity contribution in [3.63, 3.8) is 0 Å². The summed E-state index contributed by atoms with van der Waals surface area (Å²) >= 11 is 7.58. The number of hydrogen-bond acceptors (Lipinski definition) is 5. The molecule has 0 atom stereocenters. The van der Waals surface area contributed by atoms with Gasteiger partial charge in [0.25, 0.3) is 5.56 Å². The van der Waals surface area contributed by atoms with Crippen LogP contribution in [0.25, 0.3) is 10.1 Å². The van der Waals surface area contributed by atoms with Crippen LogP contribution in [0.15, 0.2) is 40.6 Å². The number of hydrogen-bond donors (Lipinski definition) is 1. The van der Waals surface area contributed by atoms with Gasteiger partial charge in [-0.1, -0.05) is 11.6 Å². The van der Waals surface area contributed by atoms with Gasteiger partial charge < -0.3 is 19.4 Å². The molecule has 130 valence electrons. The first-order chi connectivity index (χ1) is 12.0. The second-order valence-corrected chi connectivity index (χ2v) is 6.54. The smallest absolute Gasteiger partial charge is 0.259 e. The van der Waals surface area contributed by atoms with Crippen molar-refractivity contribution >= 4 is 44.6 Å². The normalized spacial score (nSPS) is 10.7. The average Bonchev–Trinajstić information content (AvgIpc) is 3.07. The van der Waals surface area contributed by atoms with Crippen LogP contribution in [-0.4, -0.2) is 24.7 Å². The fourth-order valence-electron chi connectivity index (χ4n) is 2.43. The average molecular weight is 379 g/mol. The Hall–Kier alpha value is -2.51. The van der Waals surface area contributed by atoms with Crippen molar-refractivity contribution in [3.05, 3.63) is 51.2 Å². The number of amides is 1. The third-order valence-corrected chi connectivity index (χ3v) is 4.83. The Balaban J connectivity index is 1.83. The number of aromatic nitrogens is 1. The first kappa shape index (κ1) is 17.3. The standard InChI is InChI=1S/C17H15ClN2O4S/c1-23-13-8-14(24-2)12(7-11(13)18)19-16(21)9-20-5-3-15-10(17(20)22)4-6-25-15/h3-8H,9H2,1-2H3,(H,19,21). The largest absolute Gasteiger partial charge is 0.495 e. The SMILES string of the molecule is COc1cc(OC)c(NC(=O)Cn2ccc3sccc3c2=O)cc1Cl. The molecule has 0 aliphatic carbocycles. The Bertz CT molecular complexity index is 996. The number of methoxy groups -OCH3 is 2. The molecule has 0 fully saturated rings. The molecule has 0 aliphatic heterocycles. The zero-order valence-corrected chi connectivity index (χ0v) is 15.1. The van der Waals surface area contributed by atoms with Crippen LogP contribution in [-0.2, 0) is 11.3 Å². The van der Waals surface area contributed by atoms with E-state index in [1.165, 1.54) is 30.1 Å². The lowest BCUT2D eigenvalue weighted by Gasteiger charge is -2.13. The molecular weight excluding hydrogens is 364 g/mol. The minimum Gasteiger partial charge on any atom is -0.495 e. The van der Waals surface area contributed by atoms with Gasteiger partial charge in [0.1, 0.15) is 18.0 Å². The van der Waals surface area contributed by atoms with E-state index in [1.54, 1.807) is 24.4 Å². The summed E-state index contributed by atoms with van der Waals surface area (Å²) < 4.78 is 12.6. The monoisotopic (exact) mass is 378 g/mol. The number of thiophene rings is 1. The van der Waals surface area contributed by atoms with Crippen LogP contribution in [0.4, 0.5) is 5.69 Å². The molecule has 6 nitrogen and oxygen atoms in total. The van der Waals surface area contributed by atoms with Crippen LogP contribution in [0.2, 0.25) is 5.02 Å². The van der Waals surface area contributed by atoms with Crippen LogP contribution < -0.4 is 20.3 Å². The van der Waals surface area contributed by atoms with Crippen molar-refractivity contribution in [1.29, 1.82) is 0 Å². The number of anilines is 1. The summed E-state index contributed by atoms with van der Waals surface area (Å²) in [5, 5.41) is 5.50. The number of pyridine rings is 1. The number of carbonyl (C=O) groups excluding carboxylic acids is 1. The number of halogens is 1. The van der Waals surface area contributed by atoms with E-state index in [0.717, 1.165) is 4.70 Å². The van der Waals surface area contributed by atoms with Crippen molar-refractivity contribution in [2.75, 3.05) is 19.5 Å². The third kappa shape index (κ3) is 3.47. The maximum atomic E-state index is 12.4. The molecule has 25 heavy (non-hydrogen) atoms. The second kappa shape index (κ2) is 7.16. The molecule has 0 bridgehead atoms. The van der Waals surface area contributed by atoms with Gasteiger partial charge in [0.15, 0.2) is 0 Å². The summed E-state index contributed by atoms with van der Waals surface area (Å²) in [5.41, 5.74) is 0.205. The number of fused-ring (bicyclic) bond motifs is 1. The van der Waals surface area contributed by atoms with Crippen molar-refractivity contribution in [3.8, 4) is 11.5 Å². The number of carbonyl (C=O) groups is 1. The predicted molar refractivity (Wildman–Crippen MR) is 99.3 cm³/mol. The summed E-state index contributed by atoms with van der Waals surface area (Å²) in [4.78, 5) is 24.7. The molecule has 3 aromatic rings. The maximum absolute atomic E-state index is 12.4. The highest BCUT2D eigenvalue weighted by atomic mass is 35.5. The molecule has 1 aromatic carbocycles. The van der Waals surface area contributed by atoms with E-state index in [2.05, 4.69) is 5.32 Å². The summed E-state index contributed by atoms with van der Waals surface area (Å²) in [5.74, 6) is 0.488. The van der Waals surface area contributed by atoms with Gasteiger partial charge in [-0.2, -0.15) is 0 Å². The van der Waals surface area contributed by atoms with E-state index in [1.807, 2.05) is 11.4 Å². The highest BCUT2D eigenvalue weighted by Gasteiger charge is 2.14. The fraction of sp³-hybridized carbons (Fsp3) is 0.176. The lowest BCUT2D eigenvalue weighted by Crippen LogP contribution is -2.27. The first-order valence-corrected chi connectivity index (χ1v) is 8.57. The van der Waals surface area contributed by atoms with Crippen molar-refractivity contribution in [2.24, 2.45) is 0 Å². The third-order valence-electron chi connectivity index (χ3n) is 3.65. The van der Waals surface area contributed by atoms with Gasteiger partial charge in [-0.15, -0.1) is 11.3 Å². The molecule has 0 saturated carbocycles. The number of rotatable bonds is 5. The molecule has 0 radical (unpaired) electrons. The van der Waals surface area contributed by atoms with E-state index in [-0.39, 0.29) is 18.0 Å². The van der Waals surface area contributed by atoms with Gasteiger partial charge in [0.05, 0.1) is 30.3 Å². The summed E-state index contributed by atoms with van der Waals surface area (Å²) in [6, 6.07) is 6.70. The molecule has 1 amide bonds. The summed E-state index contributed by atoms with van der Waals surface area (Å²) in [6.07, 6.45) is 1.61. The summed E-state index contributed by atoms with van der Waals surface area (Å²) in [7, 11) is 2.97. The highest BCUT2D eigenvalue weighted by Crippen LogP contribution is 2.35. The van der Waals surface area contributed by atoms with Crippen LogP contribution >= 0.6 is 22.9 Å². The van der Waals surface area contributed by atoms with E-state index < -0.39 is 0 Å². The molecule has 0 unspecified atom stereocenters. The number of benzene rings is 1. The van der Waals surface area contributed by atoms with E-state index in [4.69, 9.17) is 21.1 Å². The Kier molecular flexibility index (Phi) is 4.96. The van der Waals surface area contributed by atoms with Crippen molar-refractivity contribution < 1.29 is 14.3 Å². The Labute approximate surface area is 152 Å². The molecule has 0 aliphatic rings. The second-order valence-electron chi connectivity index (χ2n) is 5.18. The highest BCUT2D eigenvalue weighted by molar-refractivity contribution is 7.17. The molecule has 2 aromatic heterocycles. The topological polar surface area (TPSA) is 69.6 Å². The predicted octanol–water partition coefficient (Wildman–Crippen LogP) is 3.37. The molecule has 2 heterocycles. The molecular formula is C17H15ClN2O4S. The zero-order chi connectivity index (χ0) is 18.0. The molecule has 3 rings (SSSR count).